The summed E-state index contributed by atoms with van der Waals surface area (Å²) in [7, 11) is 0. The number of hydrogen-bond acceptors (Lipinski definition) is 5. The highest BCUT2D eigenvalue weighted by atomic mass is 35.5. The number of halogens is 2. The molecule has 1 atom stereocenters. The van der Waals surface area contributed by atoms with Gasteiger partial charge in [0.25, 0.3) is 0 Å². The van der Waals surface area contributed by atoms with Crippen LogP contribution in [0.3, 0.4) is 0 Å². The van der Waals surface area contributed by atoms with Crippen LogP contribution >= 0.6 is 23.4 Å². The van der Waals surface area contributed by atoms with Gasteiger partial charge in [0.15, 0.2) is 5.82 Å². The van der Waals surface area contributed by atoms with Crippen LogP contribution in [0, 0.1) is 5.82 Å². The van der Waals surface area contributed by atoms with E-state index >= 15 is 0 Å². The third kappa shape index (κ3) is 4.33. The Morgan fingerprint density at radius 2 is 1.94 bits per heavy atom. The molecule has 0 saturated heterocycles. The molecule has 2 aromatic carbocycles. The lowest BCUT2D eigenvalue weighted by Gasteiger charge is -2.23. The molecule has 7 heteroatoms. The molecule has 0 amide bonds. The van der Waals surface area contributed by atoms with E-state index in [0.717, 1.165) is 57.3 Å². The topological polar surface area (TPSA) is 58.0 Å². The molecule has 5 rings (SSSR count). The van der Waals surface area contributed by atoms with Crippen LogP contribution in [0.5, 0.6) is 0 Å². The molecule has 1 unspecified atom stereocenters. The Balaban J connectivity index is 1.49. The minimum absolute atomic E-state index is 0.229. The molecule has 0 bridgehead atoms. The molecule has 31 heavy (non-hydrogen) atoms. The first-order chi connectivity index (χ1) is 15.1. The van der Waals surface area contributed by atoms with E-state index < -0.39 is 6.23 Å². The Morgan fingerprint density at radius 3 is 2.71 bits per heavy atom. The molecule has 2 aliphatic rings. The lowest BCUT2D eigenvalue weighted by Crippen LogP contribution is -2.24. The zero-order valence-corrected chi connectivity index (χ0v) is 18.3. The maximum atomic E-state index is 13.7. The van der Waals surface area contributed by atoms with E-state index in [0.29, 0.717) is 23.7 Å². The molecule has 4 nitrogen and oxygen atoms in total. The van der Waals surface area contributed by atoms with Crippen LogP contribution in [0.4, 0.5) is 10.2 Å². The second-order valence-electron chi connectivity index (χ2n) is 7.71. The summed E-state index contributed by atoms with van der Waals surface area (Å²) in [6.07, 6.45) is 4.15. The van der Waals surface area contributed by atoms with Crippen LogP contribution in [0.1, 0.15) is 28.9 Å². The number of nitrogens with zero attached hydrogens (tertiary/aromatic N) is 2. The van der Waals surface area contributed by atoms with Crippen molar-refractivity contribution in [1.29, 1.82) is 0 Å². The van der Waals surface area contributed by atoms with Crippen LogP contribution in [0.2, 0.25) is 5.02 Å². The van der Waals surface area contributed by atoms with E-state index in [1.807, 2.05) is 24.3 Å². The lowest BCUT2D eigenvalue weighted by molar-refractivity contribution is 0.203. The average molecular weight is 454 g/mol. The molecule has 1 aliphatic heterocycles. The van der Waals surface area contributed by atoms with E-state index in [1.54, 1.807) is 23.9 Å². The molecule has 0 saturated carbocycles. The average Bonchev–Trinajstić information content (AvgIpc) is 3.29. The largest absolute Gasteiger partial charge is 0.373 e. The van der Waals surface area contributed by atoms with Crippen molar-refractivity contribution in [1.82, 2.24) is 9.97 Å². The molecular weight excluding hydrogens is 433 g/mol. The number of rotatable bonds is 5. The Labute approximate surface area is 189 Å². The monoisotopic (exact) mass is 453 g/mol. The standard InChI is InChI=1S/C24H21ClFN3OS/c25-16-6-3-14(4-7-16)12-21(30)28-24-23(20-2-1-11-31-20)29-22-18-9-8-17(26)13-15(18)5-10-19(22)27-24/h2-4,6-9,13,21,30H,1,5,10-12H2,(H,27,28). The van der Waals surface area contributed by atoms with Crippen LogP contribution in [0.15, 0.2) is 48.5 Å². The van der Waals surface area contributed by atoms with Gasteiger partial charge >= 0.3 is 0 Å². The third-order valence-electron chi connectivity index (χ3n) is 5.51. The van der Waals surface area contributed by atoms with E-state index in [-0.39, 0.29) is 5.82 Å². The second kappa shape index (κ2) is 8.61. The summed E-state index contributed by atoms with van der Waals surface area (Å²) in [5, 5.41) is 14.5. The Kier molecular flexibility index (Phi) is 5.69. The number of thioether (sulfide) groups is 1. The number of aromatic nitrogens is 2. The van der Waals surface area contributed by atoms with Crippen molar-refractivity contribution in [3.05, 3.63) is 81.9 Å². The van der Waals surface area contributed by atoms with E-state index in [4.69, 9.17) is 21.6 Å². The maximum absolute atomic E-state index is 13.7. The molecular formula is C24H21ClFN3OS. The molecule has 2 N–H and O–H groups in total. The van der Waals surface area contributed by atoms with Gasteiger partial charge in [-0.05, 0) is 60.7 Å². The fraction of sp³-hybridized carbons (Fsp3) is 0.250. The molecule has 3 aromatic rings. The summed E-state index contributed by atoms with van der Waals surface area (Å²) >= 11 is 7.70. The van der Waals surface area contributed by atoms with E-state index in [2.05, 4.69) is 11.4 Å². The summed E-state index contributed by atoms with van der Waals surface area (Å²) in [6.45, 7) is 0. The van der Waals surface area contributed by atoms with E-state index in [1.165, 1.54) is 6.07 Å². The molecule has 1 aliphatic carbocycles. The fourth-order valence-electron chi connectivity index (χ4n) is 4.02. The normalized spacial score (nSPS) is 15.8. The van der Waals surface area contributed by atoms with E-state index in [9.17, 15) is 9.50 Å². The summed E-state index contributed by atoms with van der Waals surface area (Å²) in [5.41, 5.74) is 5.29. The highest BCUT2D eigenvalue weighted by molar-refractivity contribution is 8.08. The third-order valence-corrected chi connectivity index (χ3v) is 6.87. The number of fused-ring (bicyclic) bond motifs is 3. The van der Waals surface area contributed by atoms with Crippen LogP contribution in [0.25, 0.3) is 16.2 Å². The Bertz CT molecular complexity index is 1170. The van der Waals surface area contributed by atoms with Gasteiger partial charge < -0.3 is 10.4 Å². The summed E-state index contributed by atoms with van der Waals surface area (Å²) < 4.78 is 13.7. The van der Waals surface area contributed by atoms with Crippen molar-refractivity contribution in [3.8, 4) is 11.3 Å². The maximum Gasteiger partial charge on any atom is 0.155 e. The van der Waals surface area contributed by atoms with Crippen molar-refractivity contribution in [2.45, 2.75) is 31.9 Å². The summed E-state index contributed by atoms with van der Waals surface area (Å²) in [4.78, 5) is 10.9. The smallest absolute Gasteiger partial charge is 0.155 e. The number of aryl methyl sites for hydroxylation is 2. The van der Waals surface area contributed by atoms with Crippen molar-refractivity contribution in [2.75, 3.05) is 11.1 Å². The first kappa shape index (κ1) is 20.5. The molecule has 2 heterocycles. The first-order valence-electron chi connectivity index (χ1n) is 10.3. The molecule has 0 fully saturated rings. The fourth-order valence-corrected chi connectivity index (χ4v) is 5.12. The SMILES string of the molecule is OC(Cc1ccc(Cl)cc1)Nc1nc2c(nc1C1=CCCS1)-c1ccc(F)cc1CC2. The van der Waals surface area contributed by atoms with Gasteiger partial charge in [0.1, 0.15) is 17.7 Å². The number of benzene rings is 2. The number of nitrogens with one attached hydrogen (secondary N) is 1. The van der Waals surface area contributed by atoms with Gasteiger partial charge in [0, 0.05) is 27.7 Å². The minimum atomic E-state index is -0.816. The van der Waals surface area contributed by atoms with Crippen molar-refractivity contribution >= 4 is 34.1 Å². The van der Waals surface area contributed by atoms with Crippen LogP contribution < -0.4 is 5.32 Å². The minimum Gasteiger partial charge on any atom is -0.373 e. The zero-order chi connectivity index (χ0) is 21.4. The predicted molar refractivity (Wildman–Crippen MR) is 125 cm³/mol. The van der Waals surface area contributed by atoms with Crippen molar-refractivity contribution < 1.29 is 9.50 Å². The molecule has 0 spiro atoms. The predicted octanol–water partition coefficient (Wildman–Crippen LogP) is 5.49. The highest BCUT2D eigenvalue weighted by Gasteiger charge is 2.25. The number of allylic oxidation sites excluding steroid dienone is 1. The summed E-state index contributed by atoms with van der Waals surface area (Å²) in [5.74, 6) is 1.36. The number of hydrogen-bond donors (Lipinski definition) is 2. The number of anilines is 1. The molecule has 158 valence electrons. The quantitative estimate of drug-likeness (QED) is 0.500. The van der Waals surface area contributed by atoms with Gasteiger partial charge in [-0.1, -0.05) is 29.8 Å². The van der Waals surface area contributed by atoms with Gasteiger partial charge in [-0.3, -0.25) is 0 Å². The molecule has 1 aromatic heterocycles. The van der Waals surface area contributed by atoms with Gasteiger partial charge in [-0.15, -0.1) is 11.8 Å². The number of aliphatic hydroxyl groups is 1. The highest BCUT2D eigenvalue weighted by Crippen LogP contribution is 2.40. The molecule has 0 radical (unpaired) electrons. The van der Waals surface area contributed by atoms with Gasteiger partial charge in [0.2, 0.25) is 0 Å². The lowest BCUT2D eigenvalue weighted by atomic mass is 9.91. The Hall–Kier alpha value is -2.41. The van der Waals surface area contributed by atoms with Crippen LogP contribution in [-0.4, -0.2) is 27.1 Å². The van der Waals surface area contributed by atoms with Gasteiger partial charge in [-0.2, -0.15) is 0 Å². The van der Waals surface area contributed by atoms with Gasteiger partial charge in [-0.25, -0.2) is 14.4 Å². The zero-order valence-electron chi connectivity index (χ0n) is 16.7. The van der Waals surface area contributed by atoms with Crippen molar-refractivity contribution in [3.63, 3.8) is 0 Å². The summed E-state index contributed by atoms with van der Waals surface area (Å²) in [6, 6.07) is 12.3. The van der Waals surface area contributed by atoms with Crippen LogP contribution in [-0.2, 0) is 19.3 Å². The first-order valence-corrected chi connectivity index (χ1v) is 11.7. The second-order valence-corrected chi connectivity index (χ2v) is 9.29. The Morgan fingerprint density at radius 1 is 1.10 bits per heavy atom. The van der Waals surface area contributed by atoms with Crippen molar-refractivity contribution in [2.24, 2.45) is 0 Å². The number of aliphatic hydroxyl groups excluding tert-OH is 1. The van der Waals surface area contributed by atoms with Gasteiger partial charge in [0.05, 0.1) is 11.4 Å².